The maximum absolute atomic E-state index is 12.0. The Morgan fingerprint density at radius 2 is 2.00 bits per heavy atom. The number of benzene rings is 1. The lowest BCUT2D eigenvalue weighted by atomic mass is 9.99. The summed E-state index contributed by atoms with van der Waals surface area (Å²) < 4.78 is 5.72. The molecule has 1 atom stereocenters. The monoisotopic (exact) mass is 323 g/mol. The third-order valence-corrected chi connectivity index (χ3v) is 4.45. The normalized spacial score (nSPS) is 12.4. The van der Waals surface area contributed by atoms with Crippen molar-refractivity contribution < 1.29 is 9.53 Å². The van der Waals surface area contributed by atoms with Gasteiger partial charge in [-0.25, -0.2) is 0 Å². The number of hydrogen-bond donors (Lipinski definition) is 0. The van der Waals surface area contributed by atoms with Gasteiger partial charge in [-0.1, -0.05) is 41.9 Å². The summed E-state index contributed by atoms with van der Waals surface area (Å²) in [6.45, 7) is 1.37. The van der Waals surface area contributed by atoms with Gasteiger partial charge in [-0.05, 0) is 24.7 Å². The zero-order chi connectivity index (χ0) is 15.2. The topological polar surface area (TPSA) is 29.5 Å². The summed E-state index contributed by atoms with van der Waals surface area (Å²) in [6, 6.07) is 13.6. The van der Waals surface area contributed by atoms with Crippen LogP contribution in [0.4, 0.5) is 0 Å². The molecule has 112 valence electrons. The third-order valence-electron chi connectivity index (χ3n) is 3.24. The van der Waals surface area contributed by atoms with E-state index in [0.717, 1.165) is 16.4 Å². The van der Waals surface area contributed by atoms with Crippen molar-refractivity contribution in [3.63, 3.8) is 0 Å². The molecule has 1 aromatic carbocycles. The van der Waals surface area contributed by atoms with Crippen molar-refractivity contribution in [3.8, 4) is 0 Å². The Kier molecular flexibility index (Phi) is 5.79. The molecule has 0 saturated carbocycles. The molecule has 0 aliphatic carbocycles. The van der Waals surface area contributed by atoms with E-state index in [1.165, 1.54) is 12.0 Å². The van der Waals surface area contributed by atoms with Gasteiger partial charge in [0.05, 0.1) is 17.4 Å². The number of ether oxygens (including phenoxy) is 1. The van der Waals surface area contributed by atoms with Crippen molar-refractivity contribution in [3.05, 3.63) is 57.2 Å². The van der Waals surface area contributed by atoms with Gasteiger partial charge in [-0.15, -0.1) is 11.3 Å². The highest BCUT2D eigenvalue weighted by atomic mass is 35.5. The Balaban J connectivity index is 2.06. The summed E-state index contributed by atoms with van der Waals surface area (Å²) in [6.07, 6.45) is 0. The molecule has 2 aromatic rings. The maximum Gasteiger partial charge on any atom is 0.314 e. The second kappa shape index (κ2) is 7.59. The van der Waals surface area contributed by atoms with E-state index in [0.29, 0.717) is 6.54 Å². The van der Waals surface area contributed by atoms with E-state index in [9.17, 15) is 4.79 Å². The van der Waals surface area contributed by atoms with Gasteiger partial charge in [0.25, 0.3) is 0 Å². The van der Waals surface area contributed by atoms with Gasteiger partial charge < -0.3 is 9.64 Å². The summed E-state index contributed by atoms with van der Waals surface area (Å²) in [4.78, 5) is 15.3. The standard InChI is InChI=1S/C16H18ClNO2S/c1-18(10-13-8-9-15(17)21-13)11-14(16(19)20-2)12-6-4-3-5-7-12/h3-9,14H,10-11H2,1-2H3. The summed E-state index contributed by atoms with van der Waals surface area (Å²) >= 11 is 7.50. The fraction of sp³-hybridized carbons (Fsp3) is 0.312. The Labute approximate surface area is 134 Å². The van der Waals surface area contributed by atoms with Crippen molar-refractivity contribution in [2.24, 2.45) is 0 Å². The van der Waals surface area contributed by atoms with Gasteiger partial charge in [0.15, 0.2) is 0 Å². The molecule has 2 rings (SSSR count). The first-order valence-electron chi connectivity index (χ1n) is 6.65. The van der Waals surface area contributed by atoms with Crippen LogP contribution in [-0.4, -0.2) is 31.6 Å². The highest BCUT2D eigenvalue weighted by Crippen LogP contribution is 2.24. The molecule has 0 N–H and O–H groups in total. The third kappa shape index (κ3) is 4.56. The molecule has 0 amide bonds. The summed E-state index contributed by atoms with van der Waals surface area (Å²) in [7, 11) is 3.42. The van der Waals surface area contributed by atoms with Crippen LogP contribution < -0.4 is 0 Å². The Hall–Kier alpha value is -1.36. The zero-order valence-electron chi connectivity index (χ0n) is 12.1. The average molecular weight is 324 g/mol. The van der Waals surface area contributed by atoms with Crippen LogP contribution in [0.25, 0.3) is 0 Å². The van der Waals surface area contributed by atoms with Crippen LogP contribution in [0, 0.1) is 0 Å². The number of halogens is 1. The van der Waals surface area contributed by atoms with E-state index in [1.807, 2.05) is 49.5 Å². The van der Waals surface area contributed by atoms with Gasteiger partial charge in [0, 0.05) is 18.0 Å². The number of carbonyl (C=O) groups excluding carboxylic acids is 1. The van der Waals surface area contributed by atoms with E-state index >= 15 is 0 Å². The lowest BCUT2D eigenvalue weighted by molar-refractivity contribution is -0.142. The van der Waals surface area contributed by atoms with Crippen molar-refractivity contribution in [2.45, 2.75) is 12.5 Å². The molecule has 0 radical (unpaired) electrons. The molecule has 0 saturated heterocycles. The molecule has 3 nitrogen and oxygen atoms in total. The predicted molar refractivity (Wildman–Crippen MR) is 86.9 cm³/mol. The van der Waals surface area contributed by atoms with Crippen LogP contribution in [-0.2, 0) is 16.1 Å². The molecule has 1 heterocycles. The van der Waals surface area contributed by atoms with Crippen molar-refractivity contribution in [2.75, 3.05) is 20.7 Å². The first kappa shape index (κ1) is 16.0. The van der Waals surface area contributed by atoms with Gasteiger partial charge in [-0.2, -0.15) is 0 Å². The Morgan fingerprint density at radius 1 is 1.29 bits per heavy atom. The minimum Gasteiger partial charge on any atom is -0.469 e. The second-order valence-corrected chi connectivity index (χ2v) is 6.69. The molecule has 0 aliphatic rings. The second-order valence-electron chi connectivity index (χ2n) is 4.89. The molecule has 0 bridgehead atoms. The fourth-order valence-corrected chi connectivity index (χ4v) is 3.39. The van der Waals surface area contributed by atoms with Crippen LogP contribution in [0.2, 0.25) is 4.34 Å². The van der Waals surface area contributed by atoms with Crippen LogP contribution in [0.15, 0.2) is 42.5 Å². The highest BCUT2D eigenvalue weighted by Gasteiger charge is 2.23. The summed E-state index contributed by atoms with van der Waals surface area (Å²) in [5.74, 6) is -0.492. The maximum atomic E-state index is 12.0. The molecule has 0 aliphatic heterocycles. The highest BCUT2D eigenvalue weighted by molar-refractivity contribution is 7.16. The van der Waals surface area contributed by atoms with E-state index < -0.39 is 0 Å². The first-order valence-corrected chi connectivity index (χ1v) is 7.85. The van der Waals surface area contributed by atoms with E-state index in [4.69, 9.17) is 16.3 Å². The van der Waals surface area contributed by atoms with Crippen LogP contribution in [0.5, 0.6) is 0 Å². The van der Waals surface area contributed by atoms with Crippen molar-refractivity contribution in [1.29, 1.82) is 0 Å². The molecular weight excluding hydrogens is 306 g/mol. The molecule has 1 aromatic heterocycles. The molecule has 0 fully saturated rings. The molecule has 21 heavy (non-hydrogen) atoms. The number of carbonyl (C=O) groups is 1. The van der Waals surface area contributed by atoms with E-state index in [-0.39, 0.29) is 11.9 Å². The number of esters is 1. The number of thiophene rings is 1. The number of hydrogen-bond acceptors (Lipinski definition) is 4. The minimum absolute atomic E-state index is 0.211. The summed E-state index contributed by atoms with van der Waals surface area (Å²) in [5, 5.41) is 0. The number of rotatable bonds is 6. The van der Waals surface area contributed by atoms with Crippen LogP contribution >= 0.6 is 22.9 Å². The number of methoxy groups -OCH3 is 1. The van der Waals surface area contributed by atoms with Crippen molar-refractivity contribution >= 4 is 28.9 Å². The molecule has 5 heteroatoms. The van der Waals surface area contributed by atoms with Gasteiger partial charge in [-0.3, -0.25) is 4.79 Å². The molecular formula is C16H18ClNO2S. The molecule has 1 unspecified atom stereocenters. The van der Waals surface area contributed by atoms with Gasteiger partial charge >= 0.3 is 5.97 Å². The average Bonchev–Trinajstić information content (AvgIpc) is 2.90. The quantitative estimate of drug-likeness (QED) is 0.757. The Bertz CT molecular complexity index is 585. The minimum atomic E-state index is -0.281. The smallest absolute Gasteiger partial charge is 0.314 e. The van der Waals surface area contributed by atoms with Gasteiger partial charge in [0.1, 0.15) is 0 Å². The van der Waals surface area contributed by atoms with Crippen LogP contribution in [0.1, 0.15) is 16.4 Å². The lowest BCUT2D eigenvalue weighted by Crippen LogP contribution is -2.29. The van der Waals surface area contributed by atoms with E-state index in [1.54, 1.807) is 11.3 Å². The predicted octanol–water partition coefficient (Wildman–Crippen LogP) is 3.79. The zero-order valence-corrected chi connectivity index (χ0v) is 13.7. The lowest BCUT2D eigenvalue weighted by Gasteiger charge is -2.22. The Morgan fingerprint density at radius 3 is 2.57 bits per heavy atom. The summed E-state index contributed by atoms with van der Waals surface area (Å²) in [5.41, 5.74) is 0.973. The fourth-order valence-electron chi connectivity index (χ4n) is 2.22. The largest absolute Gasteiger partial charge is 0.469 e. The number of nitrogens with zero attached hydrogens (tertiary/aromatic N) is 1. The van der Waals surface area contributed by atoms with Gasteiger partial charge in [0.2, 0.25) is 0 Å². The van der Waals surface area contributed by atoms with E-state index in [2.05, 4.69) is 4.90 Å². The van der Waals surface area contributed by atoms with Crippen molar-refractivity contribution in [1.82, 2.24) is 4.90 Å². The molecule has 0 spiro atoms. The van der Waals surface area contributed by atoms with Crippen LogP contribution in [0.3, 0.4) is 0 Å². The number of likely N-dealkylation sites (N-methyl/N-ethyl adjacent to an activating group) is 1. The first-order chi connectivity index (χ1) is 10.1. The SMILES string of the molecule is COC(=O)C(CN(C)Cc1ccc(Cl)s1)c1ccccc1.